The third kappa shape index (κ3) is 5.91. The summed E-state index contributed by atoms with van der Waals surface area (Å²) in [6.07, 6.45) is 6.98. The predicted molar refractivity (Wildman–Crippen MR) is 155 cm³/mol. The van der Waals surface area contributed by atoms with E-state index in [1.807, 2.05) is 60.3 Å². The molecule has 1 aliphatic rings. The average Bonchev–Trinajstić information content (AvgIpc) is 3.50. The molecule has 3 N–H and O–H groups in total. The zero-order valence-corrected chi connectivity index (χ0v) is 22.1. The zero-order chi connectivity index (χ0) is 28.2. The predicted octanol–water partition coefficient (Wildman–Crippen LogP) is 5.30. The van der Waals surface area contributed by atoms with Crippen LogP contribution < -0.4 is 16.0 Å². The van der Waals surface area contributed by atoms with Crippen molar-refractivity contribution in [2.75, 3.05) is 17.2 Å². The first-order valence-electron chi connectivity index (χ1n) is 12.8. The topological polar surface area (TPSA) is 131 Å². The third-order valence-corrected chi connectivity index (χ3v) is 6.60. The maximum absolute atomic E-state index is 12.8. The van der Waals surface area contributed by atoms with Gasteiger partial charge in [0, 0.05) is 72.6 Å². The number of aryl methyl sites for hydroxylation is 2. The highest BCUT2D eigenvalue weighted by atomic mass is 16.6. The fraction of sp³-hybridized carbons (Fsp3) is 0.167. The number of hydrogen-bond acceptors (Lipinski definition) is 6. The highest BCUT2D eigenvalue weighted by molar-refractivity contribution is 6.35. The van der Waals surface area contributed by atoms with Crippen molar-refractivity contribution in [1.29, 1.82) is 0 Å². The van der Waals surface area contributed by atoms with Gasteiger partial charge in [0.15, 0.2) is 0 Å². The number of carbonyl (C=O) groups excluding carboxylic acids is 2. The first kappa shape index (κ1) is 26.4. The lowest BCUT2D eigenvalue weighted by molar-refractivity contribution is -0.384. The fourth-order valence-electron chi connectivity index (χ4n) is 4.58. The Balaban J connectivity index is 1.47. The van der Waals surface area contributed by atoms with Crippen molar-refractivity contribution in [1.82, 2.24) is 14.9 Å². The molecule has 4 aromatic rings. The summed E-state index contributed by atoms with van der Waals surface area (Å²) < 4.78 is 1.89. The molecule has 40 heavy (non-hydrogen) atoms. The number of imidazole rings is 1. The molecule has 10 heteroatoms. The minimum atomic E-state index is -0.474. The Morgan fingerprint density at radius 2 is 1.93 bits per heavy atom. The first-order chi connectivity index (χ1) is 19.3. The van der Waals surface area contributed by atoms with E-state index in [2.05, 4.69) is 20.9 Å². The Bertz CT molecular complexity index is 1640. The van der Waals surface area contributed by atoms with E-state index in [-0.39, 0.29) is 17.5 Å². The van der Waals surface area contributed by atoms with Crippen LogP contribution in [0.25, 0.3) is 22.9 Å². The summed E-state index contributed by atoms with van der Waals surface area (Å²) in [5.74, 6) is -0.380. The van der Waals surface area contributed by atoms with Crippen molar-refractivity contribution in [2.24, 2.45) is 7.05 Å². The monoisotopic (exact) mass is 536 g/mol. The number of aromatic nitrogens is 2. The Morgan fingerprint density at radius 1 is 1.12 bits per heavy atom. The first-order valence-corrected chi connectivity index (χ1v) is 12.8. The molecule has 1 aromatic heterocycles. The number of rotatable bonds is 9. The van der Waals surface area contributed by atoms with Gasteiger partial charge in [-0.3, -0.25) is 19.7 Å². The minimum absolute atomic E-state index is 0.0613. The second kappa shape index (κ2) is 11.2. The van der Waals surface area contributed by atoms with Crippen LogP contribution in [0.1, 0.15) is 30.0 Å². The lowest BCUT2D eigenvalue weighted by Crippen LogP contribution is -2.21. The van der Waals surface area contributed by atoms with Gasteiger partial charge in [0.2, 0.25) is 5.91 Å². The lowest BCUT2D eigenvalue weighted by Gasteiger charge is -2.14. The van der Waals surface area contributed by atoms with Crippen LogP contribution >= 0.6 is 0 Å². The molecule has 0 bridgehead atoms. The van der Waals surface area contributed by atoms with Gasteiger partial charge in [-0.15, -0.1) is 0 Å². The number of amides is 2. The second-order valence-electron chi connectivity index (χ2n) is 9.63. The number of carbonyl (C=O) groups is 2. The number of nitrogens with one attached hydrogen (secondary N) is 3. The number of anilines is 3. The maximum atomic E-state index is 12.8. The number of fused-ring (bicyclic) bond motifs is 1. The number of hydrogen-bond donors (Lipinski definition) is 3. The average molecular weight is 537 g/mol. The zero-order valence-electron chi connectivity index (χ0n) is 22.1. The lowest BCUT2D eigenvalue weighted by atomic mass is 10.00. The second-order valence-corrected chi connectivity index (χ2v) is 9.63. The molecule has 3 aromatic carbocycles. The van der Waals surface area contributed by atoms with Crippen LogP contribution in [0.15, 0.2) is 73.2 Å². The van der Waals surface area contributed by atoms with Gasteiger partial charge in [-0.2, -0.15) is 0 Å². The van der Waals surface area contributed by atoms with Gasteiger partial charge in [0.1, 0.15) is 0 Å². The molecule has 0 saturated heterocycles. The van der Waals surface area contributed by atoms with Gasteiger partial charge in [-0.1, -0.05) is 24.3 Å². The normalized spacial score (nSPS) is 13.2. The quantitative estimate of drug-likeness (QED) is 0.115. The Kier molecular flexibility index (Phi) is 7.41. The molecule has 0 spiro atoms. The van der Waals surface area contributed by atoms with Gasteiger partial charge in [0.05, 0.1) is 16.9 Å². The van der Waals surface area contributed by atoms with E-state index >= 15 is 0 Å². The van der Waals surface area contributed by atoms with Crippen molar-refractivity contribution >= 4 is 46.2 Å². The molecule has 5 rings (SSSR count). The number of benzene rings is 3. The van der Waals surface area contributed by atoms with Crippen LogP contribution in [-0.4, -0.2) is 32.8 Å². The smallest absolute Gasteiger partial charge is 0.270 e. The molecule has 2 heterocycles. The number of nitro groups is 1. The summed E-state index contributed by atoms with van der Waals surface area (Å²) >= 11 is 0. The van der Waals surface area contributed by atoms with E-state index in [0.29, 0.717) is 23.4 Å². The van der Waals surface area contributed by atoms with E-state index in [1.54, 1.807) is 18.5 Å². The summed E-state index contributed by atoms with van der Waals surface area (Å²) in [6, 6.07) is 18.2. The maximum Gasteiger partial charge on any atom is 0.270 e. The summed E-state index contributed by atoms with van der Waals surface area (Å²) in [6.45, 7) is 2.07. The molecule has 0 radical (unpaired) electrons. The summed E-state index contributed by atoms with van der Waals surface area (Å²) in [7, 11) is 1.92. The van der Waals surface area contributed by atoms with E-state index in [1.165, 1.54) is 19.1 Å². The van der Waals surface area contributed by atoms with Crippen LogP contribution in [0.4, 0.5) is 22.7 Å². The van der Waals surface area contributed by atoms with Crippen LogP contribution in [-0.2, 0) is 23.1 Å². The Morgan fingerprint density at radius 3 is 2.62 bits per heavy atom. The van der Waals surface area contributed by atoms with E-state index in [0.717, 1.165) is 46.6 Å². The Labute approximate surface area is 230 Å². The van der Waals surface area contributed by atoms with Crippen LogP contribution in [0, 0.1) is 10.1 Å². The van der Waals surface area contributed by atoms with Gasteiger partial charge in [0.25, 0.3) is 11.6 Å². The molecule has 1 aliphatic heterocycles. The van der Waals surface area contributed by atoms with Crippen LogP contribution in [0.5, 0.6) is 0 Å². The van der Waals surface area contributed by atoms with Crippen LogP contribution in [0.2, 0.25) is 0 Å². The van der Waals surface area contributed by atoms with E-state index < -0.39 is 4.92 Å². The van der Waals surface area contributed by atoms with Crippen molar-refractivity contribution in [2.45, 2.75) is 19.8 Å². The molecule has 0 aliphatic carbocycles. The summed E-state index contributed by atoms with van der Waals surface area (Å²) in [4.78, 5) is 39.3. The summed E-state index contributed by atoms with van der Waals surface area (Å²) in [5.41, 5.74) is 6.61. The van der Waals surface area contributed by atoms with Gasteiger partial charge in [-0.25, -0.2) is 4.98 Å². The van der Waals surface area contributed by atoms with Crippen molar-refractivity contribution < 1.29 is 14.5 Å². The van der Waals surface area contributed by atoms with E-state index in [9.17, 15) is 19.7 Å². The standard InChI is InChI=1S/C30H28N6O4/c1-19(37)31-13-3-4-20-5-6-22(15-26-25-16-24(36(39)40)11-12-27(25)34-30(26)38)28(14-20)33-23-9-7-21(8-10-23)29-17-35(2)18-32-29/h5-12,14-18,33H,3-4,13H2,1-2H3,(H,31,37)(H,34,38)/b26-15-. The summed E-state index contributed by atoms with van der Waals surface area (Å²) in [5, 5.41) is 20.4. The number of nitro benzene ring substituents is 1. The highest BCUT2D eigenvalue weighted by Crippen LogP contribution is 2.37. The molecule has 10 nitrogen and oxygen atoms in total. The minimum Gasteiger partial charge on any atom is -0.356 e. The largest absolute Gasteiger partial charge is 0.356 e. The Hall–Kier alpha value is -5.25. The van der Waals surface area contributed by atoms with Crippen molar-refractivity contribution in [3.63, 3.8) is 0 Å². The molecular formula is C30H28N6O4. The fourth-order valence-corrected chi connectivity index (χ4v) is 4.58. The SMILES string of the molecule is CC(=O)NCCCc1ccc(/C=C2\C(=O)Nc3ccc([N+](=O)[O-])cc32)c(Nc2ccc(-c3cn(C)cn3)cc2)c1. The van der Waals surface area contributed by atoms with Gasteiger partial charge in [-0.05, 0) is 54.3 Å². The molecule has 2 amide bonds. The van der Waals surface area contributed by atoms with Gasteiger partial charge < -0.3 is 20.5 Å². The molecule has 0 atom stereocenters. The number of non-ortho nitro benzene ring substituents is 1. The number of nitrogens with zero attached hydrogens (tertiary/aromatic N) is 3. The molecule has 0 fully saturated rings. The van der Waals surface area contributed by atoms with E-state index in [4.69, 9.17) is 0 Å². The van der Waals surface area contributed by atoms with Crippen molar-refractivity contribution in [3.8, 4) is 11.3 Å². The van der Waals surface area contributed by atoms with Gasteiger partial charge >= 0.3 is 0 Å². The highest BCUT2D eigenvalue weighted by Gasteiger charge is 2.26. The van der Waals surface area contributed by atoms with Crippen LogP contribution in [0.3, 0.4) is 0 Å². The van der Waals surface area contributed by atoms with Crippen molar-refractivity contribution in [3.05, 3.63) is 100.0 Å². The molecular weight excluding hydrogens is 508 g/mol. The molecule has 0 saturated carbocycles. The molecule has 0 unspecified atom stereocenters. The third-order valence-electron chi connectivity index (χ3n) is 6.60. The molecule has 202 valence electrons.